The van der Waals surface area contributed by atoms with Gasteiger partial charge in [-0.3, -0.25) is 4.79 Å². The second-order valence-corrected chi connectivity index (χ2v) is 7.81. The monoisotopic (exact) mass is 455 g/mol. The van der Waals surface area contributed by atoms with E-state index in [9.17, 15) is 9.18 Å². The summed E-state index contributed by atoms with van der Waals surface area (Å²) in [6.07, 6.45) is -0.556. The molecule has 3 aromatic rings. The molecular weight excluding hydrogens is 440 g/mol. The van der Waals surface area contributed by atoms with Crippen LogP contribution in [0.3, 0.4) is 0 Å². The summed E-state index contributed by atoms with van der Waals surface area (Å²) >= 11 is 13.0. The standard InChI is InChI=1S/C19H16Cl2FN3O3S/c1-10-3-5-13(22)8-15(10)23-17(26)9-29-19-25-24-18(28-19)11(2)27-16-6-4-12(20)7-14(16)21/h3-8,11H,9H2,1-2H3,(H,23,26)/t11-/m0/s1. The maximum Gasteiger partial charge on any atom is 0.277 e. The molecule has 1 atom stereocenters. The van der Waals surface area contributed by atoms with E-state index in [0.717, 1.165) is 17.3 Å². The Kier molecular flexibility index (Phi) is 7.00. The number of halogens is 3. The van der Waals surface area contributed by atoms with Crippen LogP contribution in [-0.4, -0.2) is 21.9 Å². The van der Waals surface area contributed by atoms with Crippen molar-refractivity contribution in [2.75, 3.05) is 11.1 Å². The molecule has 1 amide bonds. The summed E-state index contributed by atoms with van der Waals surface area (Å²) in [6.45, 7) is 3.51. The molecule has 0 aliphatic carbocycles. The highest BCUT2D eigenvalue weighted by atomic mass is 35.5. The first kappa shape index (κ1) is 21.4. The van der Waals surface area contributed by atoms with Crippen LogP contribution in [0, 0.1) is 12.7 Å². The van der Waals surface area contributed by atoms with Crippen molar-refractivity contribution >= 4 is 46.6 Å². The lowest BCUT2D eigenvalue weighted by molar-refractivity contribution is -0.113. The molecule has 0 fully saturated rings. The number of aromatic nitrogens is 2. The van der Waals surface area contributed by atoms with E-state index in [2.05, 4.69) is 15.5 Å². The maximum atomic E-state index is 13.3. The number of amides is 1. The summed E-state index contributed by atoms with van der Waals surface area (Å²) in [7, 11) is 0. The molecule has 10 heteroatoms. The fraction of sp³-hybridized carbons (Fsp3) is 0.211. The topological polar surface area (TPSA) is 77.2 Å². The molecular formula is C19H16Cl2FN3O3S. The van der Waals surface area contributed by atoms with Crippen molar-refractivity contribution in [2.24, 2.45) is 0 Å². The molecule has 0 unspecified atom stereocenters. The van der Waals surface area contributed by atoms with Crippen LogP contribution in [-0.2, 0) is 4.79 Å². The van der Waals surface area contributed by atoms with Crippen molar-refractivity contribution in [3.63, 3.8) is 0 Å². The first-order chi connectivity index (χ1) is 13.8. The number of benzene rings is 2. The molecule has 0 spiro atoms. The van der Waals surface area contributed by atoms with Gasteiger partial charge in [-0.05, 0) is 49.7 Å². The van der Waals surface area contributed by atoms with Crippen LogP contribution in [0.25, 0.3) is 0 Å². The van der Waals surface area contributed by atoms with Crippen molar-refractivity contribution in [3.05, 3.63) is 63.7 Å². The number of carbonyl (C=O) groups excluding carboxylic acids is 1. The number of rotatable bonds is 7. The van der Waals surface area contributed by atoms with Gasteiger partial charge in [-0.1, -0.05) is 41.0 Å². The molecule has 152 valence electrons. The van der Waals surface area contributed by atoms with Gasteiger partial charge in [0.1, 0.15) is 11.6 Å². The molecule has 0 radical (unpaired) electrons. The number of hydrogen-bond acceptors (Lipinski definition) is 6. The quantitative estimate of drug-likeness (QED) is 0.460. The van der Waals surface area contributed by atoms with Crippen LogP contribution in [0.1, 0.15) is 24.5 Å². The maximum absolute atomic E-state index is 13.3. The van der Waals surface area contributed by atoms with Gasteiger partial charge in [0.05, 0.1) is 10.8 Å². The molecule has 1 N–H and O–H groups in total. The van der Waals surface area contributed by atoms with E-state index in [1.165, 1.54) is 12.1 Å². The molecule has 0 aliphatic heterocycles. The van der Waals surface area contributed by atoms with E-state index in [1.807, 2.05) is 0 Å². The highest BCUT2D eigenvalue weighted by Gasteiger charge is 2.18. The first-order valence-electron chi connectivity index (χ1n) is 8.45. The Hall–Kier alpha value is -2.29. The van der Waals surface area contributed by atoms with Gasteiger partial charge in [0.15, 0.2) is 6.10 Å². The molecule has 0 aliphatic rings. The SMILES string of the molecule is Cc1ccc(F)cc1NC(=O)CSc1nnc([C@H](C)Oc2ccc(Cl)cc2Cl)o1. The predicted octanol–water partition coefficient (Wildman–Crippen LogP) is 5.69. The Morgan fingerprint density at radius 3 is 2.83 bits per heavy atom. The number of carbonyl (C=O) groups is 1. The average molecular weight is 456 g/mol. The number of aryl methyl sites for hydroxylation is 1. The fourth-order valence-corrected chi connectivity index (χ4v) is 3.32. The lowest BCUT2D eigenvalue weighted by atomic mass is 10.2. The summed E-state index contributed by atoms with van der Waals surface area (Å²) < 4.78 is 24.6. The number of thioether (sulfide) groups is 1. The van der Waals surface area contributed by atoms with Crippen LogP contribution in [0.15, 0.2) is 46.0 Å². The molecule has 1 aromatic heterocycles. The molecule has 2 aromatic carbocycles. The molecule has 0 saturated heterocycles. The van der Waals surface area contributed by atoms with E-state index in [4.69, 9.17) is 32.4 Å². The Morgan fingerprint density at radius 2 is 2.07 bits per heavy atom. The second-order valence-electron chi connectivity index (χ2n) is 6.04. The largest absolute Gasteiger partial charge is 0.479 e. The third-order valence-corrected chi connectivity index (χ3v) is 5.12. The number of nitrogens with one attached hydrogen (secondary N) is 1. The second kappa shape index (κ2) is 9.47. The van der Waals surface area contributed by atoms with Crippen molar-refractivity contribution < 1.29 is 18.3 Å². The van der Waals surface area contributed by atoms with Crippen molar-refractivity contribution in [1.29, 1.82) is 0 Å². The molecule has 6 nitrogen and oxygen atoms in total. The molecule has 1 heterocycles. The lowest BCUT2D eigenvalue weighted by Gasteiger charge is -2.12. The fourth-order valence-electron chi connectivity index (χ4n) is 2.30. The molecule has 0 bridgehead atoms. The lowest BCUT2D eigenvalue weighted by Crippen LogP contribution is -2.15. The predicted molar refractivity (Wildman–Crippen MR) is 110 cm³/mol. The van der Waals surface area contributed by atoms with Crippen LogP contribution < -0.4 is 10.1 Å². The molecule has 29 heavy (non-hydrogen) atoms. The van der Waals surface area contributed by atoms with Gasteiger partial charge in [-0.25, -0.2) is 4.39 Å². The summed E-state index contributed by atoms with van der Waals surface area (Å²) in [5.74, 6) is -0.0492. The van der Waals surface area contributed by atoms with Crippen molar-refractivity contribution in [3.8, 4) is 5.75 Å². The number of hydrogen-bond donors (Lipinski definition) is 1. The van der Waals surface area contributed by atoms with Gasteiger partial charge in [0, 0.05) is 10.7 Å². The van der Waals surface area contributed by atoms with Crippen molar-refractivity contribution in [1.82, 2.24) is 10.2 Å². The summed E-state index contributed by atoms with van der Waals surface area (Å²) in [5, 5.41) is 11.6. The van der Waals surface area contributed by atoms with E-state index in [0.29, 0.717) is 21.5 Å². The summed E-state index contributed by atoms with van der Waals surface area (Å²) in [4.78, 5) is 12.1. The number of nitrogens with zero attached hydrogens (tertiary/aromatic N) is 2. The minimum Gasteiger partial charge on any atom is -0.479 e. The van der Waals surface area contributed by atoms with Crippen LogP contribution in [0.2, 0.25) is 10.0 Å². The van der Waals surface area contributed by atoms with E-state index < -0.39 is 11.9 Å². The van der Waals surface area contributed by atoms with Crippen molar-refractivity contribution in [2.45, 2.75) is 25.2 Å². The summed E-state index contributed by atoms with van der Waals surface area (Å²) in [5.41, 5.74) is 1.18. The van der Waals surface area contributed by atoms with E-state index in [-0.39, 0.29) is 22.8 Å². The van der Waals surface area contributed by atoms with Gasteiger partial charge in [0.2, 0.25) is 5.91 Å². The minimum atomic E-state index is -0.556. The Balaban J connectivity index is 1.55. The third kappa shape index (κ3) is 5.85. The normalized spacial score (nSPS) is 11.9. The molecule has 3 rings (SSSR count). The Morgan fingerprint density at radius 1 is 1.28 bits per heavy atom. The summed E-state index contributed by atoms with van der Waals surface area (Å²) in [6, 6.07) is 9.06. The van der Waals surface area contributed by atoms with Crippen LogP contribution >= 0.6 is 35.0 Å². The highest BCUT2D eigenvalue weighted by Crippen LogP contribution is 2.31. The van der Waals surface area contributed by atoms with Crippen LogP contribution in [0.4, 0.5) is 10.1 Å². The van der Waals surface area contributed by atoms with Crippen LogP contribution in [0.5, 0.6) is 5.75 Å². The smallest absolute Gasteiger partial charge is 0.277 e. The number of ether oxygens (including phenoxy) is 1. The van der Waals surface area contributed by atoms with E-state index >= 15 is 0 Å². The van der Waals surface area contributed by atoms with Gasteiger partial charge in [-0.2, -0.15) is 0 Å². The zero-order valence-corrected chi connectivity index (χ0v) is 17.7. The zero-order chi connectivity index (χ0) is 21.0. The third-order valence-electron chi connectivity index (χ3n) is 3.77. The van der Waals surface area contributed by atoms with E-state index in [1.54, 1.807) is 38.1 Å². The Bertz CT molecular complexity index is 1030. The highest BCUT2D eigenvalue weighted by molar-refractivity contribution is 7.99. The van der Waals surface area contributed by atoms with Gasteiger partial charge >= 0.3 is 0 Å². The first-order valence-corrected chi connectivity index (χ1v) is 10.2. The number of anilines is 1. The van der Waals surface area contributed by atoms with Gasteiger partial charge < -0.3 is 14.5 Å². The Labute approximate surface area is 180 Å². The molecule has 0 saturated carbocycles. The average Bonchev–Trinajstić information content (AvgIpc) is 3.14. The van der Waals surface area contributed by atoms with Gasteiger partial charge in [0.25, 0.3) is 11.1 Å². The van der Waals surface area contributed by atoms with Gasteiger partial charge in [-0.15, -0.1) is 10.2 Å². The zero-order valence-electron chi connectivity index (χ0n) is 15.4. The minimum absolute atomic E-state index is 0.0236.